The number of nitrogens with one attached hydrogen (secondary N) is 1. The first-order valence-corrected chi connectivity index (χ1v) is 5.88. The molecular formula is C8H16N4O2S. The van der Waals surface area contributed by atoms with Gasteiger partial charge in [-0.3, -0.25) is 0 Å². The quantitative estimate of drug-likeness (QED) is 0.398. The number of hydrogen-bond donors (Lipinski definition) is 1. The highest BCUT2D eigenvalue weighted by Gasteiger charge is 2.46. The first-order chi connectivity index (χ1) is 6.95. The molecule has 15 heavy (non-hydrogen) atoms. The Bertz CT molecular complexity index is 311. The molecule has 0 amide bonds. The van der Waals surface area contributed by atoms with Crippen molar-refractivity contribution in [2.45, 2.75) is 13.1 Å². The zero-order chi connectivity index (χ0) is 11.3. The highest BCUT2D eigenvalue weighted by Crippen LogP contribution is 2.25. The molecule has 3 unspecified atom stereocenters. The summed E-state index contributed by atoms with van der Waals surface area (Å²) in [4.78, 5) is 1.96. The Labute approximate surface area is 92.7 Å². The van der Waals surface area contributed by atoms with E-state index in [1.165, 1.54) is 0 Å². The van der Waals surface area contributed by atoms with E-state index in [-0.39, 0.29) is 11.2 Å². The molecule has 6 nitrogen and oxygen atoms in total. The molecule has 0 saturated heterocycles. The van der Waals surface area contributed by atoms with Crippen LogP contribution >= 0.6 is 0 Å². The molecule has 0 spiro atoms. The zero-order valence-electron chi connectivity index (χ0n) is 9.35. The molecule has 7 heteroatoms. The molecule has 0 saturated carbocycles. The minimum Gasteiger partial charge on any atom is -0.626 e. The van der Waals surface area contributed by atoms with Crippen molar-refractivity contribution in [3.05, 3.63) is 16.7 Å². The van der Waals surface area contributed by atoms with Gasteiger partial charge in [0.15, 0.2) is 17.7 Å². The van der Waals surface area contributed by atoms with Gasteiger partial charge in [0.25, 0.3) is 5.82 Å². The van der Waals surface area contributed by atoms with Gasteiger partial charge in [-0.2, -0.15) is 0 Å². The number of rotatable bonds is 0. The van der Waals surface area contributed by atoms with Crippen molar-refractivity contribution in [1.29, 1.82) is 0 Å². The first-order valence-electron chi connectivity index (χ1n) is 4.82. The second kappa shape index (κ2) is 3.53. The lowest BCUT2D eigenvalue weighted by Crippen LogP contribution is -3.10. The van der Waals surface area contributed by atoms with Crippen LogP contribution in [0.15, 0.2) is 11.5 Å². The highest BCUT2D eigenvalue weighted by atomic mass is 32.2. The molecule has 3 atom stereocenters. The number of quaternary nitrogens is 1. The third-order valence-corrected chi connectivity index (χ3v) is 4.39. The summed E-state index contributed by atoms with van der Waals surface area (Å²) in [5, 5.41) is 12.0. The van der Waals surface area contributed by atoms with Crippen LogP contribution in [0, 0.1) is 5.21 Å². The van der Waals surface area contributed by atoms with E-state index in [1.54, 1.807) is 22.7 Å². The summed E-state index contributed by atoms with van der Waals surface area (Å²) in [6, 6.07) is 0. The Morgan fingerprint density at radius 2 is 2.00 bits per heavy atom. The maximum atomic E-state index is 11.9. The van der Waals surface area contributed by atoms with Crippen LogP contribution in [0.2, 0.25) is 0 Å². The molecule has 86 valence electrons. The van der Waals surface area contributed by atoms with Crippen molar-refractivity contribution in [1.82, 2.24) is 13.5 Å². The van der Waals surface area contributed by atoms with E-state index in [0.717, 1.165) is 5.70 Å². The summed E-state index contributed by atoms with van der Waals surface area (Å²) >= 11 is -1.23. The van der Waals surface area contributed by atoms with E-state index in [4.69, 9.17) is 0 Å². The van der Waals surface area contributed by atoms with Crippen LogP contribution in [-0.2, 0) is 11.5 Å². The van der Waals surface area contributed by atoms with Crippen molar-refractivity contribution < 1.29 is 9.62 Å². The molecule has 0 fully saturated rings. The SMILES string of the molecule is CC1N(C)C2=C(N(C)[S+]([O-])N(C)C2)[NH+]1[O-]. The molecule has 0 aromatic heterocycles. The fraction of sp³-hybridized carbons (Fsp3) is 0.750. The predicted octanol–water partition coefficient (Wildman–Crippen LogP) is -1.71. The molecule has 2 aliphatic heterocycles. The van der Waals surface area contributed by atoms with Crippen LogP contribution in [0.1, 0.15) is 6.92 Å². The summed E-state index contributed by atoms with van der Waals surface area (Å²) in [5.74, 6) is 0.612. The van der Waals surface area contributed by atoms with Crippen LogP contribution < -0.4 is 5.06 Å². The predicted molar refractivity (Wildman–Crippen MR) is 57.1 cm³/mol. The number of likely N-dealkylation sites (N-methyl/N-ethyl adjacent to an activating group) is 2. The second-order valence-corrected chi connectivity index (χ2v) is 5.59. The van der Waals surface area contributed by atoms with Crippen LogP contribution in [0.25, 0.3) is 0 Å². The molecule has 1 N–H and O–H groups in total. The fourth-order valence-corrected chi connectivity index (χ4v) is 3.00. The molecule has 0 aliphatic carbocycles. The fourth-order valence-electron chi connectivity index (χ4n) is 1.99. The van der Waals surface area contributed by atoms with Crippen LogP contribution in [0.3, 0.4) is 0 Å². The second-order valence-electron chi connectivity index (χ2n) is 3.96. The van der Waals surface area contributed by atoms with E-state index in [1.807, 2.05) is 18.9 Å². The van der Waals surface area contributed by atoms with Gasteiger partial charge in [-0.15, -0.1) is 8.61 Å². The number of hydrogen-bond acceptors (Lipinski definition) is 5. The summed E-state index contributed by atoms with van der Waals surface area (Å²) in [6.07, 6.45) is -0.138. The van der Waals surface area contributed by atoms with Crippen molar-refractivity contribution in [2.75, 3.05) is 27.7 Å². The van der Waals surface area contributed by atoms with Gasteiger partial charge in [-0.05, 0) is 0 Å². The van der Waals surface area contributed by atoms with Crippen LogP contribution in [0.5, 0.6) is 0 Å². The molecule has 0 aromatic rings. The monoisotopic (exact) mass is 232 g/mol. The normalized spacial score (nSPS) is 37.6. The van der Waals surface area contributed by atoms with E-state index >= 15 is 0 Å². The maximum absolute atomic E-state index is 11.9. The molecule has 0 bridgehead atoms. The number of nitrogens with zero attached hydrogens (tertiary/aromatic N) is 3. The van der Waals surface area contributed by atoms with Crippen LogP contribution in [0.4, 0.5) is 0 Å². The summed E-state index contributed by atoms with van der Waals surface area (Å²) in [6.45, 7) is 2.44. The Kier molecular flexibility index (Phi) is 2.60. The Morgan fingerprint density at radius 1 is 1.40 bits per heavy atom. The summed E-state index contributed by atoms with van der Waals surface area (Å²) < 4.78 is 15.1. The first kappa shape index (κ1) is 11.0. The van der Waals surface area contributed by atoms with Gasteiger partial charge in [0, 0.05) is 21.0 Å². The lowest BCUT2D eigenvalue weighted by Gasteiger charge is -2.33. The van der Waals surface area contributed by atoms with E-state index in [2.05, 4.69) is 0 Å². The van der Waals surface area contributed by atoms with Gasteiger partial charge >= 0.3 is 0 Å². The highest BCUT2D eigenvalue weighted by molar-refractivity contribution is 7.86. The minimum absolute atomic E-state index is 0.0662. The average molecular weight is 232 g/mol. The van der Waals surface area contributed by atoms with Crippen molar-refractivity contribution in [3.8, 4) is 0 Å². The van der Waals surface area contributed by atoms with Gasteiger partial charge in [0.1, 0.15) is 5.70 Å². The van der Waals surface area contributed by atoms with Crippen molar-refractivity contribution >= 4 is 11.5 Å². The molecular weight excluding hydrogens is 216 g/mol. The maximum Gasteiger partial charge on any atom is 0.268 e. The van der Waals surface area contributed by atoms with E-state index in [0.29, 0.717) is 12.4 Å². The lowest BCUT2D eigenvalue weighted by atomic mass is 10.4. The number of hydroxylamine groups is 2. The van der Waals surface area contributed by atoms with Gasteiger partial charge in [-0.1, -0.05) is 0 Å². The Hall–Kier alpha value is -0.470. The third-order valence-electron chi connectivity index (χ3n) is 3.08. The standard InChI is InChI=1S/C8H16N4O2S/c1-6-10(3)7-5-9(2)15(14)11(4)8(7)12(6)13/h6,12H,5H2,1-4H3. The van der Waals surface area contributed by atoms with Crippen molar-refractivity contribution in [2.24, 2.45) is 0 Å². The summed E-state index contributed by atoms with van der Waals surface area (Å²) in [5.41, 5.74) is 0.970. The van der Waals surface area contributed by atoms with Crippen molar-refractivity contribution in [3.63, 3.8) is 0 Å². The topological polar surface area (TPSA) is 60.3 Å². The third kappa shape index (κ3) is 1.42. The van der Waals surface area contributed by atoms with Gasteiger partial charge in [0.2, 0.25) is 0 Å². The molecule has 0 aromatic carbocycles. The van der Waals surface area contributed by atoms with E-state index < -0.39 is 11.5 Å². The molecule has 2 aliphatic rings. The lowest BCUT2D eigenvalue weighted by molar-refractivity contribution is -0.842. The van der Waals surface area contributed by atoms with E-state index in [9.17, 15) is 9.76 Å². The Morgan fingerprint density at radius 3 is 2.60 bits per heavy atom. The average Bonchev–Trinajstić information content (AvgIpc) is 2.40. The molecule has 2 rings (SSSR count). The summed E-state index contributed by atoms with van der Waals surface area (Å²) in [7, 11) is 5.39. The smallest absolute Gasteiger partial charge is 0.268 e. The zero-order valence-corrected chi connectivity index (χ0v) is 10.2. The Balaban J connectivity index is 2.38. The van der Waals surface area contributed by atoms with Gasteiger partial charge in [-0.25, -0.2) is 0 Å². The van der Waals surface area contributed by atoms with Gasteiger partial charge < -0.3 is 19.7 Å². The molecule has 2 heterocycles. The minimum atomic E-state index is -1.23. The largest absolute Gasteiger partial charge is 0.626 e. The molecule has 0 radical (unpaired) electrons. The van der Waals surface area contributed by atoms with Gasteiger partial charge in [0.05, 0.1) is 13.6 Å². The van der Waals surface area contributed by atoms with Crippen LogP contribution in [-0.4, -0.2) is 51.9 Å².